The van der Waals surface area contributed by atoms with Crippen molar-refractivity contribution in [3.63, 3.8) is 0 Å². The minimum Gasteiger partial charge on any atom is -0.232 e. The highest BCUT2D eigenvalue weighted by atomic mass is 35.5. The van der Waals surface area contributed by atoms with E-state index in [1.54, 1.807) is 12.1 Å². The van der Waals surface area contributed by atoms with Gasteiger partial charge in [0.05, 0.1) is 10.7 Å². The Hall–Kier alpha value is -1.19. The lowest BCUT2D eigenvalue weighted by Gasteiger charge is -2.19. The second kappa shape index (κ2) is 5.30. The van der Waals surface area contributed by atoms with Crippen LogP contribution >= 0.6 is 23.2 Å². The van der Waals surface area contributed by atoms with Gasteiger partial charge in [-0.3, -0.25) is 0 Å². The third-order valence-corrected chi connectivity index (χ3v) is 3.61. The summed E-state index contributed by atoms with van der Waals surface area (Å²) in [7, 11) is 0. The summed E-state index contributed by atoms with van der Waals surface area (Å²) < 4.78 is 13.3. The zero-order valence-electron chi connectivity index (χ0n) is 11.8. The van der Waals surface area contributed by atoms with Crippen molar-refractivity contribution in [2.45, 2.75) is 33.1 Å². The molecule has 1 heterocycles. The molecular weight excluding hydrogens is 298 g/mol. The molecule has 0 saturated carbocycles. The average molecular weight is 313 g/mol. The van der Waals surface area contributed by atoms with E-state index < -0.39 is 5.82 Å². The van der Waals surface area contributed by atoms with Crippen molar-refractivity contribution < 1.29 is 4.39 Å². The van der Waals surface area contributed by atoms with Crippen LogP contribution in [0.25, 0.3) is 11.3 Å². The van der Waals surface area contributed by atoms with Gasteiger partial charge >= 0.3 is 0 Å². The molecular formula is C15H15Cl2FN2. The van der Waals surface area contributed by atoms with Gasteiger partial charge in [0.1, 0.15) is 16.8 Å². The van der Waals surface area contributed by atoms with Gasteiger partial charge in [0.2, 0.25) is 0 Å². The Morgan fingerprint density at radius 3 is 2.30 bits per heavy atom. The molecule has 106 valence electrons. The van der Waals surface area contributed by atoms with E-state index in [2.05, 4.69) is 9.97 Å². The molecule has 0 radical (unpaired) electrons. The summed E-state index contributed by atoms with van der Waals surface area (Å²) in [4.78, 5) is 8.89. The molecule has 2 aromatic rings. The van der Waals surface area contributed by atoms with Crippen LogP contribution in [0.15, 0.2) is 18.2 Å². The predicted molar refractivity (Wildman–Crippen MR) is 80.9 cm³/mol. The molecule has 0 atom stereocenters. The Kier molecular flexibility index (Phi) is 4.03. The lowest BCUT2D eigenvalue weighted by atomic mass is 9.95. The van der Waals surface area contributed by atoms with Gasteiger partial charge < -0.3 is 0 Å². The van der Waals surface area contributed by atoms with Gasteiger partial charge in [0.15, 0.2) is 0 Å². The number of hydrogen-bond acceptors (Lipinski definition) is 2. The number of aromatic nitrogens is 2. The molecule has 1 aromatic carbocycles. The molecule has 0 fully saturated rings. The first-order chi connectivity index (χ1) is 9.20. The minimum absolute atomic E-state index is 0.0638. The highest BCUT2D eigenvalue weighted by Gasteiger charge is 2.21. The molecule has 2 rings (SSSR count). The first-order valence-corrected chi connectivity index (χ1v) is 6.96. The third kappa shape index (κ3) is 2.94. The number of halogens is 3. The molecule has 20 heavy (non-hydrogen) atoms. The van der Waals surface area contributed by atoms with E-state index >= 15 is 0 Å². The van der Waals surface area contributed by atoms with Crippen LogP contribution in [0, 0.1) is 12.7 Å². The van der Waals surface area contributed by atoms with Crippen LogP contribution in [0.4, 0.5) is 4.39 Å². The molecule has 0 saturated heterocycles. The van der Waals surface area contributed by atoms with Gasteiger partial charge in [-0.15, -0.1) is 0 Å². The van der Waals surface area contributed by atoms with Gasteiger partial charge in [-0.1, -0.05) is 44.0 Å². The second-order valence-electron chi connectivity index (χ2n) is 5.69. The molecule has 0 unspecified atom stereocenters. The predicted octanol–water partition coefficient (Wildman–Crippen LogP) is 5.20. The zero-order chi connectivity index (χ0) is 15.1. The van der Waals surface area contributed by atoms with Crippen molar-refractivity contribution in [3.05, 3.63) is 45.6 Å². The Labute approximate surface area is 128 Å². The Bertz CT molecular complexity index is 664. The standard InChI is InChI=1S/C15H15Cl2FN2/c1-8-12(9-5-6-11(18)10(16)7-9)19-14(15(2,3)4)20-13(8)17/h5-7H,1-4H3. The van der Waals surface area contributed by atoms with Crippen LogP contribution in [0.1, 0.15) is 32.2 Å². The Morgan fingerprint density at radius 1 is 1.10 bits per heavy atom. The summed E-state index contributed by atoms with van der Waals surface area (Å²) in [5, 5.41) is 0.467. The lowest BCUT2D eigenvalue weighted by molar-refractivity contribution is 0.545. The fraction of sp³-hybridized carbons (Fsp3) is 0.333. The summed E-state index contributed by atoms with van der Waals surface area (Å²) in [5.41, 5.74) is 1.93. The van der Waals surface area contributed by atoms with E-state index in [9.17, 15) is 4.39 Å². The van der Waals surface area contributed by atoms with Crippen LogP contribution in [0.3, 0.4) is 0 Å². The van der Waals surface area contributed by atoms with Crippen molar-refractivity contribution in [1.29, 1.82) is 0 Å². The van der Waals surface area contributed by atoms with Crippen LogP contribution in [0.5, 0.6) is 0 Å². The first kappa shape index (κ1) is 15.2. The normalized spacial score (nSPS) is 11.8. The maximum absolute atomic E-state index is 13.3. The van der Waals surface area contributed by atoms with Crippen molar-refractivity contribution in [1.82, 2.24) is 9.97 Å². The molecule has 0 N–H and O–H groups in total. The highest BCUT2D eigenvalue weighted by molar-refractivity contribution is 6.31. The quantitative estimate of drug-likeness (QED) is 0.677. The average Bonchev–Trinajstić information content (AvgIpc) is 2.34. The minimum atomic E-state index is -0.454. The van der Waals surface area contributed by atoms with Gasteiger partial charge in [0.25, 0.3) is 0 Å². The SMILES string of the molecule is Cc1c(Cl)nc(C(C)(C)C)nc1-c1ccc(F)c(Cl)c1. The van der Waals surface area contributed by atoms with Gasteiger partial charge in [-0.25, -0.2) is 14.4 Å². The zero-order valence-corrected chi connectivity index (χ0v) is 13.3. The summed E-state index contributed by atoms with van der Waals surface area (Å²) >= 11 is 12.0. The Morgan fingerprint density at radius 2 is 1.75 bits per heavy atom. The fourth-order valence-corrected chi connectivity index (χ4v) is 2.10. The van der Waals surface area contributed by atoms with Gasteiger partial charge in [-0.05, 0) is 25.1 Å². The molecule has 0 aliphatic carbocycles. The van der Waals surface area contributed by atoms with Crippen molar-refractivity contribution in [2.24, 2.45) is 0 Å². The molecule has 0 bridgehead atoms. The summed E-state index contributed by atoms with van der Waals surface area (Å²) in [5.74, 6) is 0.188. The first-order valence-electron chi connectivity index (χ1n) is 6.20. The molecule has 0 spiro atoms. The number of hydrogen-bond donors (Lipinski definition) is 0. The highest BCUT2D eigenvalue weighted by Crippen LogP contribution is 2.31. The molecule has 0 aliphatic rings. The van der Waals surface area contributed by atoms with E-state index in [1.165, 1.54) is 6.07 Å². The smallest absolute Gasteiger partial charge is 0.141 e. The topological polar surface area (TPSA) is 25.8 Å². The van der Waals surface area contributed by atoms with Gasteiger partial charge in [0, 0.05) is 16.5 Å². The largest absolute Gasteiger partial charge is 0.232 e. The number of benzene rings is 1. The van der Waals surface area contributed by atoms with E-state index in [0.29, 0.717) is 16.7 Å². The van der Waals surface area contributed by atoms with Crippen LogP contribution in [-0.2, 0) is 5.41 Å². The summed E-state index contributed by atoms with van der Waals surface area (Å²) in [6, 6.07) is 4.51. The fourth-order valence-electron chi connectivity index (χ4n) is 1.75. The molecule has 2 nitrogen and oxygen atoms in total. The van der Waals surface area contributed by atoms with Crippen LogP contribution in [-0.4, -0.2) is 9.97 Å². The molecule has 1 aromatic heterocycles. The van der Waals surface area contributed by atoms with E-state index in [0.717, 1.165) is 11.1 Å². The van der Waals surface area contributed by atoms with E-state index in [-0.39, 0.29) is 10.4 Å². The van der Waals surface area contributed by atoms with E-state index in [4.69, 9.17) is 23.2 Å². The van der Waals surface area contributed by atoms with Crippen molar-refractivity contribution in [3.8, 4) is 11.3 Å². The van der Waals surface area contributed by atoms with Gasteiger partial charge in [-0.2, -0.15) is 0 Å². The monoisotopic (exact) mass is 312 g/mol. The lowest BCUT2D eigenvalue weighted by Crippen LogP contribution is -2.17. The summed E-state index contributed by atoms with van der Waals surface area (Å²) in [6.45, 7) is 7.86. The number of rotatable bonds is 1. The van der Waals surface area contributed by atoms with Crippen LogP contribution < -0.4 is 0 Å². The molecule has 5 heteroatoms. The summed E-state index contributed by atoms with van der Waals surface area (Å²) in [6.07, 6.45) is 0. The maximum atomic E-state index is 13.3. The maximum Gasteiger partial charge on any atom is 0.141 e. The van der Waals surface area contributed by atoms with E-state index in [1.807, 2.05) is 27.7 Å². The second-order valence-corrected chi connectivity index (χ2v) is 6.46. The van der Waals surface area contributed by atoms with Crippen molar-refractivity contribution >= 4 is 23.2 Å². The molecule has 0 amide bonds. The third-order valence-electron chi connectivity index (χ3n) is 2.95. The van der Waals surface area contributed by atoms with Crippen molar-refractivity contribution in [2.75, 3.05) is 0 Å². The molecule has 0 aliphatic heterocycles. The Balaban J connectivity index is 2.66. The van der Waals surface area contributed by atoms with Crippen LogP contribution in [0.2, 0.25) is 10.2 Å². The number of nitrogens with zero attached hydrogens (tertiary/aromatic N) is 2.